The molecule has 1 atom stereocenters. The van der Waals surface area contributed by atoms with Crippen molar-refractivity contribution in [3.8, 4) is 0 Å². The third-order valence-electron chi connectivity index (χ3n) is 6.58. The van der Waals surface area contributed by atoms with E-state index in [9.17, 15) is 4.79 Å². The SMILES string of the molecule is CCN(CC)c1ncc2c(n1)CC[C@@H](C(=O)N1CCN(c3ccccc3C)CC1)C2. The summed E-state index contributed by atoms with van der Waals surface area (Å²) < 4.78 is 0. The van der Waals surface area contributed by atoms with Crippen molar-refractivity contribution in [3.63, 3.8) is 0 Å². The van der Waals surface area contributed by atoms with Crippen molar-refractivity contribution in [2.45, 2.75) is 40.0 Å². The number of benzene rings is 1. The van der Waals surface area contributed by atoms with Crippen molar-refractivity contribution in [1.82, 2.24) is 14.9 Å². The molecule has 6 heteroatoms. The number of carbonyl (C=O) groups is 1. The Morgan fingerprint density at radius 2 is 1.87 bits per heavy atom. The molecular formula is C24H33N5O. The molecule has 0 unspecified atom stereocenters. The largest absolute Gasteiger partial charge is 0.368 e. The molecule has 1 saturated heterocycles. The molecule has 2 heterocycles. The van der Waals surface area contributed by atoms with Gasteiger partial charge in [0.05, 0.1) is 0 Å². The Hall–Kier alpha value is -2.63. The van der Waals surface area contributed by atoms with Crippen LogP contribution in [0.2, 0.25) is 0 Å². The fraction of sp³-hybridized carbons (Fsp3) is 0.542. The first-order valence-electron chi connectivity index (χ1n) is 11.3. The summed E-state index contributed by atoms with van der Waals surface area (Å²) in [4.78, 5) is 29.2. The van der Waals surface area contributed by atoms with Crippen LogP contribution in [-0.4, -0.2) is 60.0 Å². The number of rotatable bonds is 5. The predicted molar refractivity (Wildman–Crippen MR) is 121 cm³/mol. The predicted octanol–water partition coefficient (Wildman–Crippen LogP) is 3.08. The van der Waals surface area contributed by atoms with Crippen LogP contribution in [0.25, 0.3) is 0 Å². The first-order chi connectivity index (χ1) is 14.6. The number of hydrogen-bond donors (Lipinski definition) is 0. The van der Waals surface area contributed by atoms with Crippen LogP contribution in [0.3, 0.4) is 0 Å². The second-order valence-electron chi connectivity index (χ2n) is 8.35. The molecule has 1 aliphatic carbocycles. The highest BCUT2D eigenvalue weighted by atomic mass is 16.2. The molecule has 0 radical (unpaired) electrons. The van der Waals surface area contributed by atoms with E-state index in [1.165, 1.54) is 11.3 Å². The van der Waals surface area contributed by atoms with Crippen molar-refractivity contribution >= 4 is 17.5 Å². The van der Waals surface area contributed by atoms with Crippen LogP contribution in [0.1, 0.15) is 37.1 Å². The number of para-hydroxylation sites is 1. The quantitative estimate of drug-likeness (QED) is 0.762. The summed E-state index contributed by atoms with van der Waals surface area (Å²) in [6.07, 6.45) is 4.47. The molecule has 0 N–H and O–H groups in total. The zero-order valence-electron chi connectivity index (χ0n) is 18.5. The van der Waals surface area contributed by atoms with Gasteiger partial charge in [0, 0.05) is 62.8 Å². The zero-order valence-corrected chi connectivity index (χ0v) is 18.5. The van der Waals surface area contributed by atoms with E-state index in [0.717, 1.165) is 75.7 Å². The number of aromatic nitrogens is 2. The number of carbonyl (C=O) groups excluding carboxylic acids is 1. The van der Waals surface area contributed by atoms with Gasteiger partial charge in [-0.25, -0.2) is 9.97 Å². The summed E-state index contributed by atoms with van der Waals surface area (Å²) in [6, 6.07) is 8.50. The smallest absolute Gasteiger partial charge is 0.226 e. The molecule has 2 aromatic rings. The van der Waals surface area contributed by atoms with E-state index in [0.29, 0.717) is 5.91 Å². The molecule has 2 aliphatic rings. The highest BCUT2D eigenvalue weighted by Gasteiger charge is 2.31. The minimum absolute atomic E-state index is 0.0606. The van der Waals surface area contributed by atoms with Crippen LogP contribution in [0.15, 0.2) is 30.5 Å². The Labute approximate surface area is 179 Å². The Kier molecular flexibility index (Phi) is 6.21. The Morgan fingerprint density at radius 1 is 1.13 bits per heavy atom. The Bertz CT molecular complexity index is 887. The minimum Gasteiger partial charge on any atom is -0.368 e. The number of hydrogen-bond acceptors (Lipinski definition) is 5. The molecule has 30 heavy (non-hydrogen) atoms. The number of fused-ring (bicyclic) bond motifs is 1. The van der Waals surface area contributed by atoms with Crippen molar-refractivity contribution in [2.75, 3.05) is 49.1 Å². The van der Waals surface area contributed by atoms with Gasteiger partial charge in [-0.05, 0) is 57.2 Å². The van der Waals surface area contributed by atoms with Gasteiger partial charge in [0.25, 0.3) is 0 Å². The highest BCUT2D eigenvalue weighted by Crippen LogP contribution is 2.28. The molecule has 1 aromatic carbocycles. The number of aryl methyl sites for hydroxylation is 2. The van der Waals surface area contributed by atoms with E-state index in [2.05, 4.69) is 64.7 Å². The first-order valence-corrected chi connectivity index (χ1v) is 11.3. The van der Waals surface area contributed by atoms with Crippen molar-refractivity contribution < 1.29 is 4.79 Å². The summed E-state index contributed by atoms with van der Waals surface area (Å²) >= 11 is 0. The lowest BCUT2D eigenvalue weighted by Crippen LogP contribution is -2.51. The maximum absolute atomic E-state index is 13.2. The van der Waals surface area contributed by atoms with Crippen molar-refractivity contribution in [2.24, 2.45) is 5.92 Å². The van der Waals surface area contributed by atoms with E-state index in [1.807, 2.05) is 6.20 Å². The van der Waals surface area contributed by atoms with Crippen LogP contribution in [-0.2, 0) is 17.6 Å². The van der Waals surface area contributed by atoms with Crippen LogP contribution >= 0.6 is 0 Å². The lowest BCUT2D eigenvalue weighted by Gasteiger charge is -2.38. The monoisotopic (exact) mass is 407 g/mol. The lowest BCUT2D eigenvalue weighted by atomic mass is 9.86. The van der Waals surface area contributed by atoms with Gasteiger partial charge in [-0.1, -0.05) is 18.2 Å². The van der Waals surface area contributed by atoms with Gasteiger partial charge in [-0.2, -0.15) is 0 Å². The normalized spacial score (nSPS) is 18.8. The van der Waals surface area contributed by atoms with E-state index < -0.39 is 0 Å². The van der Waals surface area contributed by atoms with Crippen LogP contribution in [0.5, 0.6) is 0 Å². The summed E-state index contributed by atoms with van der Waals surface area (Å²) in [5.41, 5.74) is 4.86. The molecule has 1 amide bonds. The second-order valence-corrected chi connectivity index (χ2v) is 8.35. The van der Waals surface area contributed by atoms with Crippen LogP contribution in [0.4, 0.5) is 11.6 Å². The van der Waals surface area contributed by atoms with Crippen molar-refractivity contribution in [3.05, 3.63) is 47.3 Å². The highest BCUT2D eigenvalue weighted by molar-refractivity contribution is 5.80. The number of anilines is 2. The third kappa shape index (κ3) is 4.13. The Balaban J connectivity index is 1.37. The molecule has 0 bridgehead atoms. The molecule has 4 rings (SSSR count). The number of amides is 1. The molecule has 1 aliphatic heterocycles. The summed E-state index contributed by atoms with van der Waals surface area (Å²) in [7, 11) is 0. The van der Waals surface area contributed by atoms with Gasteiger partial charge in [-0.3, -0.25) is 4.79 Å². The maximum Gasteiger partial charge on any atom is 0.226 e. The average Bonchev–Trinajstić information content (AvgIpc) is 2.79. The molecule has 6 nitrogen and oxygen atoms in total. The Morgan fingerprint density at radius 3 is 2.57 bits per heavy atom. The number of nitrogens with zero attached hydrogens (tertiary/aromatic N) is 5. The standard InChI is InChI=1S/C24H33N5O/c1-4-27(5-2)24-25-17-20-16-19(10-11-21(20)26-24)23(30)29-14-12-28(13-15-29)22-9-7-6-8-18(22)3/h6-9,17,19H,4-5,10-16H2,1-3H3/t19-/m1/s1. The van der Waals surface area contributed by atoms with Gasteiger partial charge in [0.1, 0.15) is 0 Å². The van der Waals surface area contributed by atoms with Gasteiger partial charge in [-0.15, -0.1) is 0 Å². The molecule has 0 saturated carbocycles. The minimum atomic E-state index is 0.0606. The molecule has 1 aromatic heterocycles. The van der Waals surface area contributed by atoms with E-state index in [1.54, 1.807) is 0 Å². The molecule has 1 fully saturated rings. The number of piperazine rings is 1. The van der Waals surface area contributed by atoms with Gasteiger partial charge >= 0.3 is 0 Å². The summed E-state index contributed by atoms with van der Waals surface area (Å²) in [5, 5.41) is 0. The topological polar surface area (TPSA) is 52.6 Å². The van der Waals surface area contributed by atoms with Gasteiger partial charge < -0.3 is 14.7 Å². The molecule has 160 valence electrons. The van der Waals surface area contributed by atoms with Crippen LogP contribution < -0.4 is 9.80 Å². The van der Waals surface area contributed by atoms with Crippen LogP contribution in [0, 0.1) is 12.8 Å². The maximum atomic E-state index is 13.2. The van der Waals surface area contributed by atoms with E-state index >= 15 is 0 Å². The summed E-state index contributed by atoms with van der Waals surface area (Å²) in [5.74, 6) is 1.18. The average molecular weight is 408 g/mol. The van der Waals surface area contributed by atoms with E-state index in [-0.39, 0.29) is 5.92 Å². The van der Waals surface area contributed by atoms with Gasteiger partial charge in [0.15, 0.2) is 0 Å². The second kappa shape index (κ2) is 9.02. The fourth-order valence-electron chi connectivity index (χ4n) is 4.71. The molecule has 0 spiro atoms. The third-order valence-corrected chi connectivity index (χ3v) is 6.58. The fourth-order valence-corrected chi connectivity index (χ4v) is 4.71. The summed E-state index contributed by atoms with van der Waals surface area (Å²) in [6.45, 7) is 11.6. The van der Waals surface area contributed by atoms with Crippen molar-refractivity contribution in [1.29, 1.82) is 0 Å². The molecular weight excluding hydrogens is 374 g/mol. The first kappa shape index (κ1) is 20.6. The van der Waals surface area contributed by atoms with E-state index in [4.69, 9.17) is 4.98 Å². The lowest BCUT2D eigenvalue weighted by molar-refractivity contribution is -0.136. The van der Waals surface area contributed by atoms with Gasteiger partial charge in [0.2, 0.25) is 11.9 Å². The zero-order chi connectivity index (χ0) is 21.1.